The van der Waals surface area contributed by atoms with E-state index in [2.05, 4.69) is 10.1 Å². The molecule has 1 amide bonds. The highest BCUT2D eigenvalue weighted by Crippen LogP contribution is 2.26. The lowest BCUT2D eigenvalue weighted by molar-refractivity contribution is 0.0797. The number of hydrogen-bond donors (Lipinski definition) is 0. The van der Waals surface area contributed by atoms with Gasteiger partial charge >= 0.3 is 0 Å². The first kappa shape index (κ1) is 17.3. The number of nitrogens with zero attached hydrogens (tertiary/aromatic N) is 4. The van der Waals surface area contributed by atoms with E-state index in [1.165, 1.54) is 0 Å². The van der Waals surface area contributed by atoms with Gasteiger partial charge in [0.1, 0.15) is 0 Å². The molecule has 3 aromatic rings. The van der Waals surface area contributed by atoms with Gasteiger partial charge in [0.2, 0.25) is 0 Å². The van der Waals surface area contributed by atoms with Gasteiger partial charge in [0, 0.05) is 36.0 Å². The fraction of sp³-hybridized carbons (Fsp3) is 0.278. The lowest BCUT2D eigenvalue weighted by atomic mass is 10.1. The fourth-order valence-corrected chi connectivity index (χ4v) is 4.18. The van der Waals surface area contributed by atoms with Crippen LogP contribution in [-0.2, 0) is 11.3 Å². The minimum atomic E-state index is -0.00490. The predicted molar refractivity (Wildman–Crippen MR) is 103 cm³/mol. The lowest BCUT2D eigenvalue weighted by Crippen LogP contribution is -2.28. The van der Waals surface area contributed by atoms with Crippen LogP contribution in [0.1, 0.15) is 16.1 Å². The highest BCUT2D eigenvalue weighted by Gasteiger charge is 2.26. The Morgan fingerprint density at radius 2 is 2.27 bits per heavy atom. The molecule has 0 aliphatic carbocycles. The maximum atomic E-state index is 12.9. The number of carbonyl (C=O) groups excluding carboxylic acids is 1. The molecule has 0 spiro atoms. The number of benzene rings is 1. The van der Waals surface area contributed by atoms with E-state index in [-0.39, 0.29) is 5.91 Å². The molecule has 1 aliphatic rings. The van der Waals surface area contributed by atoms with Crippen molar-refractivity contribution in [3.8, 4) is 5.69 Å². The van der Waals surface area contributed by atoms with Crippen molar-refractivity contribution < 1.29 is 9.53 Å². The Morgan fingerprint density at radius 1 is 1.38 bits per heavy atom. The standard InChI is InChI=1S/C18H17ClN4O2S/c1-25-10-17-14(18(24)22-6-7-26-11-22)9-21-23(17)16-4-5-20-15-8-12(19)2-3-13(15)16/h2-5,8-9H,6-7,10-11H2,1H3. The Hall–Kier alpha value is -2.09. The maximum absolute atomic E-state index is 12.9. The van der Waals surface area contributed by atoms with E-state index in [0.717, 1.165) is 34.6 Å². The topological polar surface area (TPSA) is 60.2 Å². The zero-order valence-corrected chi connectivity index (χ0v) is 15.8. The molecule has 2 aromatic heterocycles. The minimum Gasteiger partial charge on any atom is -0.378 e. The summed E-state index contributed by atoms with van der Waals surface area (Å²) in [4.78, 5) is 19.1. The van der Waals surface area contributed by atoms with Gasteiger partial charge < -0.3 is 9.64 Å². The van der Waals surface area contributed by atoms with Crippen LogP contribution < -0.4 is 0 Å². The zero-order valence-electron chi connectivity index (χ0n) is 14.2. The maximum Gasteiger partial charge on any atom is 0.258 e. The quantitative estimate of drug-likeness (QED) is 0.685. The third-order valence-corrected chi connectivity index (χ3v) is 5.53. The van der Waals surface area contributed by atoms with Gasteiger partial charge in [-0.15, -0.1) is 11.8 Å². The average molecular weight is 389 g/mol. The van der Waals surface area contributed by atoms with Gasteiger partial charge in [0.15, 0.2) is 0 Å². The summed E-state index contributed by atoms with van der Waals surface area (Å²) in [5.41, 5.74) is 2.93. The molecule has 1 fully saturated rings. The summed E-state index contributed by atoms with van der Waals surface area (Å²) in [7, 11) is 1.61. The van der Waals surface area contributed by atoms with Gasteiger partial charge in [-0.3, -0.25) is 9.78 Å². The van der Waals surface area contributed by atoms with Crippen LogP contribution in [0.5, 0.6) is 0 Å². The molecule has 0 N–H and O–H groups in total. The van der Waals surface area contributed by atoms with Gasteiger partial charge in [-0.1, -0.05) is 11.6 Å². The van der Waals surface area contributed by atoms with Crippen LogP contribution in [0.25, 0.3) is 16.6 Å². The molecule has 4 rings (SSSR count). The molecular formula is C18H17ClN4O2S. The minimum absolute atomic E-state index is 0.00490. The summed E-state index contributed by atoms with van der Waals surface area (Å²) in [5, 5.41) is 6.03. The molecule has 1 saturated heterocycles. The van der Waals surface area contributed by atoms with Crippen molar-refractivity contribution in [3.05, 3.63) is 52.9 Å². The largest absolute Gasteiger partial charge is 0.378 e. The van der Waals surface area contributed by atoms with Crippen molar-refractivity contribution in [2.24, 2.45) is 0 Å². The van der Waals surface area contributed by atoms with Crippen molar-refractivity contribution in [1.29, 1.82) is 0 Å². The first-order chi connectivity index (χ1) is 12.7. The number of hydrogen-bond acceptors (Lipinski definition) is 5. The van der Waals surface area contributed by atoms with Crippen molar-refractivity contribution >= 4 is 40.2 Å². The van der Waals surface area contributed by atoms with Gasteiger partial charge in [-0.2, -0.15) is 5.10 Å². The average Bonchev–Trinajstić information content (AvgIpc) is 3.31. The molecule has 26 heavy (non-hydrogen) atoms. The number of methoxy groups -OCH3 is 1. The van der Waals surface area contributed by atoms with Gasteiger partial charge in [-0.25, -0.2) is 4.68 Å². The fourth-order valence-electron chi connectivity index (χ4n) is 3.07. The molecule has 0 atom stereocenters. The lowest BCUT2D eigenvalue weighted by Gasteiger charge is -2.15. The van der Waals surface area contributed by atoms with Crippen molar-refractivity contribution in [2.75, 3.05) is 25.3 Å². The Bertz CT molecular complexity index is 969. The molecule has 8 heteroatoms. The van der Waals surface area contributed by atoms with Crippen LogP contribution in [0.2, 0.25) is 5.02 Å². The van der Waals surface area contributed by atoms with E-state index in [4.69, 9.17) is 16.3 Å². The molecule has 0 unspecified atom stereocenters. The van der Waals surface area contributed by atoms with E-state index in [0.29, 0.717) is 23.1 Å². The van der Waals surface area contributed by atoms with E-state index in [9.17, 15) is 4.79 Å². The highest BCUT2D eigenvalue weighted by molar-refractivity contribution is 7.99. The number of carbonyl (C=O) groups is 1. The first-order valence-corrected chi connectivity index (χ1v) is 9.70. The van der Waals surface area contributed by atoms with Crippen LogP contribution in [-0.4, -0.2) is 50.9 Å². The molecule has 1 aromatic carbocycles. The number of pyridine rings is 1. The van der Waals surface area contributed by atoms with Crippen LogP contribution >= 0.6 is 23.4 Å². The summed E-state index contributed by atoms with van der Waals surface area (Å²) >= 11 is 7.84. The summed E-state index contributed by atoms with van der Waals surface area (Å²) in [6.45, 7) is 1.05. The smallest absolute Gasteiger partial charge is 0.258 e. The predicted octanol–water partition coefficient (Wildman–Crippen LogP) is 3.37. The van der Waals surface area contributed by atoms with Crippen LogP contribution in [0.3, 0.4) is 0 Å². The summed E-state index contributed by atoms with van der Waals surface area (Å²) in [6.07, 6.45) is 3.34. The summed E-state index contributed by atoms with van der Waals surface area (Å²) in [6, 6.07) is 7.43. The van der Waals surface area contributed by atoms with E-state index < -0.39 is 0 Å². The van der Waals surface area contributed by atoms with E-state index >= 15 is 0 Å². The van der Waals surface area contributed by atoms with Gasteiger partial charge in [0.25, 0.3) is 5.91 Å². The van der Waals surface area contributed by atoms with Crippen molar-refractivity contribution in [2.45, 2.75) is 6.61 Å². The zero-order chi connectivity index (χ0) is 18.1. The Kier molecular flexibility index (Phi) is 4.84. The molecule has 134 valence electrons. The highest BCUT2D eigenvalue weighted by atomic mass is 35.5. The molecule has 6 nitrogen and oxygen atoms in total. The molecule has 0 bridgehead atoms. The number of amides is 1. The molecule has 0 radical (unpaired) electrons. The number of thioether (sulfide) groups is 1. The number of halogens is 1. The van der Waals surface area contributed by atoms with Gasteiger partial charge in [-0.05, 0) is 24.3 Å². The second-order valence-corrected chi connectivity index (χ2v) is 7.46. The van der Waals surface area contributed by atoms with Crippen LogP contribution in [0, 0.1) is 0 Å². The molecule has 1 aliphatic heterocycles. The summed E-state index contributed by atoms with van der Waals surface area (Å²) in [5.74, 6) is 1.68. The number of rotatable bonds is 4. The molecular weight excluding hydrogens is 372 g/mol. The number of aromatic nitrogens is 3. The van der Waals surface area contributed by atoms with Crippen molar-refractivity contribution in [1.82, 2.24) is 19.7 Å². The number of ether oxygens (including phenoxy) is 1. The molecule has 0 saturated carbocycles. The van der Waals surface area contributed by atoms with Crippen molar-refractivity contribution in [3.63, 3.8) is 0 Å². The normalized spacial score (nSPS) is 14.3. The Balaban J connectivity index is 1.83. The first-order valence-electron chi connectivity index (χ1n) is 8.16. The third kappa shape index (κ3) is 3.06. The molecule has 3 heterocycles. The van der Waals surface area contributed by atoms with Crippen LogP contribution in [0.4, 0.5) is 0 Å². The van der Waals surface area contributed by atoms with E-state index in [1.807, 2.05) is 29.2 Å². The SMILES string of the molecule is COCc1c(C(=O)N2CCSC2)cnn1-c1ccnc2cc(Cl)ccc12. The van der Waals surface area contributed by atoms with E-state index in [1.54, 1.807) is 35.9 Å². The van der Waals surface area contributed by atoms with Gasteiger partial charge in [0.05, 0.1) is 41.1 Å². The second kappa shape index (κ2) is 7.26. The second-order valence-electron chi connectivity index (χ2n) is 5.95. The number of fused-ring (bicyclic) bond motifs is 1. The monoisotopic (exact) mass is 388 g/mol. The summed E-state index contributed by atoms with van der Waals surface area (Å²) < 4.78 is 7.12. The Labute approximate surface area is 160 Å². The van der Waals surface area contributed by atoms with Crippen LogP contribution in [0.15, 0.2) is 36.7 Å². The Morgan fingerprint density at radius 3 is 3.04 bits per heavy atom. The third-order valence-electron chi connectivity index (χ3n) is 4.33.